The van der Waals surface area contributed by atoms with E-state index in [2.05, 4.69) is 9.97 Å². The average molecular weight is 336 g/mol. The van der Waals surface area contributed by atoms with Gasteiger partial charge in [-0.15, -0.1) is 0 Å². The van der Waals surface area contributed by atoms with Crippen LogP contribution >= 0.6 is 11.6 Å². The van der Waals surface area contributed by atoms with E-state index in [0.717, 1.165) is 6.07 Å². The number of rotatable bonds is 3. The molecule has 0 spiro atoms. The summed E-state index contributed by atoms with van der Waals surface area (Å²) in [5, 5.41) is 0.131. The van der Waals surface area contributed by atoms with Crippen LogP contribution in [0.3, 0.4) is 0 Å². The monoisotopic (exact) mass is 335 g/mol. The first-order valence-electron chi connectivity index (χ1n) is 7.31. The number of likely N-dealkylation sites (tertiary alicyclic amines) is 1. The molecule has 0 atom stereocenters. The molecule has 1 amide bonds. The minimum absolute atomic E-state index is 0.0230. The van der Waals surface area contributed by atoms with Crippen molar-refractivity contribution in [3.05, 3.63) is 53.1 Å². The molecule has 5 nitrogen and oxygen atoms in total. The summed E-state index contributed by atoms with van der Waals surface area (Å²) in [7, 11) is 0. The van der Waals surface area contributed by atoms with Crippen molar-refractivity contribution in [3.8, 4) is 6.01 Å². The number of hydrogen-bond acceptors (Lipinski definition) is 4. The van der Waals surface area contributed by atoms with Crippen molar-refractivity contribution in [2.24, 2.45) is 0 Å². The molecule has 0 N–H and O–H groups in total. The minimum atomic E-state index is -0.457. The molecule has 1 aliphatic heterocycles. The highest BCUT2D eigenvalue weighted by Gasteiger charge is 2.26. The van der Waals surface area contributed by atoms with Gasteiger partial charge in [0.05, 0.1) is 10.6 Å². The van der Waals surface area contributed by atoms with Crippen LogP contribution in [0.4, 0.5) is 4.39 Å². The normalized spacial score (nSPS) is 15.5. The molecule has 1 aliphatic rings. The third kappa shape index (κ3) is 3.76. The first-order valence-corrected chi connectivity index (χ1v) is 7.69. The molecule has 120 valence electrons. The van der Waals surface area contributed by atoms with Crippen molar-refractivity contribution >= 4 is 17.5 Å². The van der Waals surface area contributed by atoms with Crippen LogP contribution in [0.1, 0.15) is 23.2 Å². The number of carbonyl (C=O) groups is 1. The Morgan fingerprint density at radius 3 is 2.61 bits per heavy atom. The maximum Gasteiger partial charge on any atom is 0.316 e. The molecular formula is C16H15ClFN3O2. The zero-order valence-corrected chi connectivity index (χ0v) is 13.0. The Hall–Kier alpha value is -2.21. The lowest BCUT2D eigenvalue weighted by Gasteiger charge is -2.31. The quantitative estimate of drug-likeness (QED) is 0.865. The van der Waals surface area contributed by atoms with Gasteiger partial charge in [0.15, 0.2) is 0 Å². The Bertz CT molecular complexity index is 691. The third-order valence-corrected chi connectivity index (χ3v) is 4.02. The Kier molecular flexibility index (Phi) is 4.71. The van der Waals surface area contributed by atoms with Crippen molar-refractivity contribution in [2.75, 3.05) is 13.1 Å². The van der Waals surface area contributed by atoms with E-state index in [-0.39, 0.29) is 17.0 Å². The Balaban J connectivity index is 1.59. The fraction of sp³-hybridized carbons (Fsp3) is 0.312. The van der Waals surface area contributed by atoms with Crippen LogP contribution in [0.2, 0.25) is 5.02 Å². The van der Waals surface area contributed by atoms with Crippen molar-refractivity contribution in [2.45, 2.75) is 18.9 Å². The second-order valence-electron chi connectivity index (χ2n) is 5.26. The molecule has 1 saturated heterocycles. The van der Waals surface area contributed by atoms with E-state index in [4.69, 9.17) is 16.3 Å². The van der Waals surface area contributed by atoms with Gasteiger partial charge in [0.1, 0.15) is 11.9 Å². The third-order valence-electron chi connectivity index (χ3n) is 3.70. The van der Waals surface area contributed by atoms with E-state index in [9.17, 15) is 9.18 Å². The van der Waals surface area contributed by atoms with Crippen LogP contribution in [0.15, 0.2) is 36.7 Å². The number of halogens is 2. The van der Waals surface area contributed by atoms with Crippen molar-refractivity contribution in [1.82, 2.24) is 14.9 Å². The van der Waals surface area contributed by atoms with Gasteiger partial charge < -0.3 is 9.64 Å². The van der Waals surface area contributed by atoms with E-state index >= 15 is 0 Å². The fourth-order valence-corrected chi connectivity index (χ4v) is 2.75. The number of benzene rings is 1. The van der Waals surface area contributed by atoms with Crippen LogP contribution in [-0.4, -0.2) is 40.0 Å². The maximum absolute atomic E-state index is 13.1. The van der Waals surface area contributed by atoms with Gasteiger partial charge in [-0.25, -0.2) is 14.4 Å². The summed E-state index contributed by atoms with van der Waals surface area (Å²) in [6.45, 7) is 1.09. The number of aromatic nitrogens is 2. The summed E-state index contributed by atoms with van der Waals surface area (Å²) in [5.74, 6) is -0.647. The second-order valence-corrected chi connectivity index (χ2v) is 5.67. The molecule has 2 heterocycles. The molecule has 0 unspecified atom stereocenters. The van der Waals surface area contributed by atoms with Gasteiger partial charge >= 0.3 is 6.01 Å². The first-order chi connectivity index (χ1) is 11.1. The van der Waals surface area contributed by atoms with Crippen LogP contribution < -0.4 is 4.74 Å². The van der Waals surface area contributed by atoms with Gasteiger partial charge in [0.2, 0.25) is 0 Å². The lowest BCUT2D eigenvalue weighted by atomic mass is 10.1. The molecule has 0 saturated carbocycles. The molecule has 7 heteroatoms. The van der Waals surface area contributed by atoms with Gasteiger partial charge in [0.25, 0.3) is 5.91 Å². The zero-order valence-electron chi connectivity index (χ0n) is 12.3. The molecule has 0 bridgehead atoms. The molecule has 3 rings (SSSR count). The number of nitrogens with zero attached hydrogens (tertiary/aromatic N) is 3. The highest BCUT2D eigenvalue weighted by molar-refractivity contribution is 6.33. The van der Waals surface area contributed by atoms with Crippen molar-refractivity contribution < 1.29 is 13.9 Å². The van der Waals surface area contributed by atoms with Crippen LogP contribution in [0, 0.1) is 5.82 Å². The van der Waals surface area contributed by atoms with E-state index < -0.39 is 5.82 Å². The lowest BCUT2D eigenvalue weighted by Crippen LogP contribution is -2.42. The number of hydrogen-bond donors (Lipinski definition) is 0. The topological polar surface area (TPSA) is 55.3 Å². The summed E-state index contributed by atoms with van der Waals surface area (Å²) in [6, 6.07) is 5.87. The molecule has 1 aromatic heterocycles. The molecule has 23 heavy (non-hydrogen) atoms. The van der Waals surface area contributed by atoms with Gasteiger partial charge in [0, 0.05) is 38.3 Å². The predicted octanol–water partition coefficient (Wildman–Crippen LogP) is 2.95. The zero-order chi connectivity index (χ0) is 16.2. The van der Waals surface area contributed by atoms with Gasteiger partial charge in [-0.1, -0.05) is 11.6 Å². The van der Waals surface area contributed by atoms with E-state index in [1.165, 1.54) is 12.1 Å². The summed E-state index contributed by atoms with van der Waals surface area (Å²) in [4.78, 5) is 22.2. The molecular weight excluding hydrogens is 321 g/mol. The number of carbonyl (C=O) groups excluding carboxylic acids is 1. The first kappa shape index (κ1) is 15.7. The van der Waals surface area contributed by atoms with Gasteiger partial charge in [-0.05, 0) is 24.3 Å². The lowest BCUT2D eigenvalue weighted by molar-refractivity contribution is 0.0579. The molecule has 1 fully saturated rings. The van der Waals surface area contributed by atoms with Gasteiger partial charge in [-0.3, -0.25) is 4.79 Å². The smallest absolute Gasteiger partial charge is 0.316 e. The van der Waals surface area contributed by atoms with Crippen LogP contribution in [0.25, 0.3) is 0 Å². The fourth-order valence-electron chi connectivity index (χ4n) is 2.51. The van der Waals surface area contributed by atoms with Crippen molar-refractivity contribution in [3.63, 3.8) is 0 Å². The maximum atomic E-state index is 13.1. The van der Waals surface area contributed by atoms with Gasteiger partial charge in [-0.2, -0.15) is 0 Å². The molecule has 0 aliphatic carbocycles. The van der Waals surface area contributed by atoms with E-state index in [1.54, 1.807) is 23.4 Å². The molecule has 1 aromatic carbocycles. The molecule has 0 radical (unpaired) electrons. The van der Waals surface area contributed by atoms with E-state index in [1.807, 2.05) is 0 Å². The van der Waals surface area contributed by atoms with Crippen LogP contribution in [0.5, 0.6) is 6.01 Å². The van der Waals surface area contributed by atoms with E-state index in [0.29, 0.717) is 37.5 Å². The molecule has 2 aromatic rings. The minimum Gasteiger partial charge on any atom is -0.460 e. The number of amides is 1. The summed E-state index contributed by atoms with van der Waals surface area (Å²) in [6.07, 6.45) is 4.59. The highest BCUT2D eigenvalue weighted by Crippen LogP contribution is 2.22. The Labute approximate surface area is 138 Å². The summed E-state index contributed by atoms with van der Waals surface area (Å²) in [5.41, 5.74) is 0.318. The van der Waals surface area contributed by atoms with Crippen LogP contribution in [-0.2, 0) is 0 Å². The highest BCUT2D eigenvalue weighted by atomic mass is 35.5. The second kappa shape index (κ2) is 6.91. The SMILES string of the molecule is O=C(c1ccc(F)cc1Cl)N1CCC(Oc2ncccn2)CC1. The predicted molar refractivity (Wildman–Crippen MR) is 83.0 cm³/mol. The Morgan fingerprint density at radius 1 is 1.26 bits per heavy atom. The van der Waals surface area contributed by atoms with Crippen molar-refractivity contribution in [1.29, 1.82) is 0 Å². The number of ether oxygens (including phenoxy) is 1. The largest absolute Gasteiger partial charge is 0.460 e. The number of piperidine rings is 1. The standard InChI is InChI=1S/C16H15ClFN3O2/c17-14-10-11(18)2-3-13(14)15(22)21-8-4-12(5-9-21)23-16-19-6-1-7-20-16/h1-3,6-7,10,12H,4-5,8-9H2. The summed E-state index contributed by atoms with van der Waals surface area (Å²) >= 11 is 5.95. The Morgan fingerprint density at radius 2 is 1.96 bits per heavy atom. The average Bonchev–Trinajstić information content (AvgIpc) is 2.56. The summed E-state index contributed by atoms with van der Waals surface area (Å²) < 4.78 is 18.8.